The van der Waals surface area contributed by atoms with Gasteiger partial charge in [0.1, 0.15) is 6.10 Å². The highest BCUT2D eigenvalue weighted by atomic mass is 16.5. The first-order chi connectivity index (χ1) is 18.1. The lowest BCUT2D eigenvalue weighted by atomic mass is 10.0. The normalized spacial score (nSPS) is 13.0. The minimum absolute atomic E-state index is 0.0000265. The molecule has 0 heterocycles. The van der Waals surface area contributed by atoms with Crippen LogP contribution in [0.1, 0.15) is 149 Å². The number of nitrogens with zero attached hydrogens (tertiary/aromatic N) is 1. The van der Waals surface area contributed by atoms with Crippen molar-refractivity contribution < 1.29 is 9.53 Å². The number of carbonyl (C=O) groups is 1. The molecule has 0 radical (unpaired) electrons. The summed E-state index contributed by atoms with van der Waals surface area (Å²) in [6.45, 7) is 5.29. The summed E-state index contributed by atoms with van der Waals surface area (Å²) in [5, 5.41) is 0. The van der Waals surface area contributed by atoms with E-state index in [4.69, 9.17) is 4.74 Å². The van der Waals surface area contributed by atoms with Crippen LogP contribution in [0.2, 0.25) is 0 Å². The van der Waals surface area contributed by atoms with Crippen LogP contribution in [0.25, 0.3) is 0 Å². The number of carbonyl (C=O) groups excluding carboxylic acids is 1. The summed E-state index contributed by atoms with van der Waals surface area (Å²) in [5.74, 6) is -0.0000265. The van der Waals surface area contributed by atoms with Crippen molar-refractivity contribution in [3.8, 4) is 0 Å². The largest absolute Gasteiger partial charge is 0.462 e. The van der Waals surface area contributed by atoms with Gasteiger partial charge in [0.2, 0.25) is 0 Å². The quantitative estimate of drug-likeness (QED) is 0.0616. The smallest absolute Gasteiger partial charge is 0.306 e. The fraction of sp³-hybridized carbons (Fsp3) is 0.794. The highest BCUT2D eigenvalue weighted by molar-refractivity contribution is 5.69. The number of hydrogen-bond donors (Lipinski definition) is 0. The molecule has 0 aliphatic carbocycles. The maximum Gasteiger partial charge on any atom is 0.306 e. The molecule has 0 aromatic heterocycles. The van der Waals surface area contributed by atoms with E-state index in [2.05, 4.69) is 69.3 Å². The molecule has 37 heavy (non-hydrogen) atoms. The number of allylic oxidation sites excluding steroid dienone is 6. The van der Waals surface area contributed by atoms with E-state index in [1.165, 1.54) is 103 Å². The molecule has 0 aliphatic heterocycles. The molecular weight excluding hydrogens is 454 g/mol. The van der Waals surface area contributed by atoms with E-state index in [-0.39, 0.29) is 12.1 Å². The molecular formula is C34H63NO2. The van der Waals surface area contributed by atoms with Gasteiger partial charge in [-0.1, -0.05) is 94.7 Å². The first kappa shape index (κ1) is 35.6. The predicted octanol–water partition coefficient (Wildman–Crippen LogP) is 10.4. The molecule has 0 aromatic carbocycles. The van der Waals surface area contributed by atoms with Gasteiger partial charge in [-0.25, -0.2) is 0 Å². The van der Waals surface area contributed by atoms with E-state index in [0.29, 0.717) is 6.42 Å². The third-order valence-corrected chi connectivity index (χ3v) is 6.89. The van der Waals surface area contributed by atoms with Crippen molar-refractivity contribution in [2.24, 2.45) is 0 Å². The van der Waals surface area contributed by atoms with E-state index in [1.54, 1.807) is 0 Å². The van der Waals surface area contributed by atoms with Gasteiger partial charge in [-0.3, -0.25) is 4.79 Å². The van der Waals surface area contributed by atoms with E-state index < -0.39 is 0 Å². The topological polar surface area (TPSA) is 29.5 Å². The van der Waals surface area contributed by atoms with Crippen LogP contribution in [0.15, 0.2) is 36.5 Å². The zero-order valence-electron chi connectivity index (χ0n) is 25.4. The highest BCUT2D eigenvalue weighted by Crippen LogP contribution is 2.18. The van der Waals surface area contributed by atoms with Crippen molar-refractivity contribution in [3.05, 3.63) is 36.5 Å². The number of unbranched alkanes of at least 4 members (excludes halogenated alkanes) is 13. The Bertz CT molecular complexity index is 564. The van der Waals surface area contributed by atoms with E-state index in [0.717, 1.165) is 32.2 Å². The molecule has 0 fully saturated rings. The summed E-state index contributed by atoms with van der Waals surface area (Å²) >= 11 is 0. The maximum atomic E-state index is 12.4. The molecule has 1 unspecified atom stereocenters. The first-order valence-electron chi connectivity index (χ1n) is 15.9. The minimum atomic E-state index is -0.0000265. The fourth-order valence-corrected chi connectivity index (χ4v) is 4.56. The van der Waals surface area contributed by atoms with Gasteiger partial charge in [0.05, 0.1) is 0 Å². The van der Waals surface area contributed by atoms with Crippen molar-refractivity contribution in [2.75, 3.05) is 20.6 Å². The van der Waals surface area contributed by atoms with Crippen LogP contribution in [-0.4, -0.2) is 37.6 Å². The van der Waals surface area contributed by atoms with Gasteiger partial charge in [-0.15, -0.1) is 0 Å². The van der Waals surface area contributed by atoms with Gasteiger partial charge in [-0.2, -0.15) is 0 Å². The van der Waals surface area contributed by atoms with Crippen LogP contribution >= 0.6 is 0 Å². The molecule has 0 N–H and O–H groups in total. The Morgan fingerprint density at radius 1 is 0.676 bits per heavy atom. The van der Waals surface area contributed by atoms with Crippen LogP contribution in [0, 0.1) is 0 Å². The van der Waals surface area contributed by atoms with Crippen LogP contribution < -0.4 is 0 Å². The lowest BCUT2D eigenvalue weighted by molar-refractivity contribution is -0.150. The lowest BCUT2D eigenvalue weighted by Gasteiger charge is -2.18. The molecule has 3 heteroatoms. The summed E-state index contributed by atoms with van der Waals surface area (Å²) in [4.78, 5) is 14.5. The van der Waals surface area contributed by atoms with Gasteiger partial charge in [-0.05, 0) is 105 Å². The van der Waals surface area contributed by atoms with Crippen molar-refractivity contribution in [3.63, 3.8) is 0 Å². The van der Waals surface area contributed by atoms with Crippen LogP contribution in [0.4, 0.5) is 0 Å². The molecule has 0 aliphatic rings. The van der Waals surface area contributed by atoms with Crippen molar-refractivity contribution in [2.45, 2.75) is 155 Å². The average molecular weight is 518 g/mol. The van der Waals surface area contributed by atoms with E-state index in [9.17, 15) is 4.79 Å². The second-order valence-electron chi connectivity index (χ2n) is 11.0. The summed E-state index contributed by atoms with van der Waals surface area (Å²) in [7, 11) is 4.10. The zero-order chi connectivity index (χ0) is 27.2. The Labute approximate surface area is 232 Å². The molecule has 0 bridgehead atoms. The highest BCUT2D eigenvalue weighted by Gasteiger charge is 2.14. The van der Waals surface area contributed by atoms with Gasteiger partial charge >= 0.3 is 5.97 Å². The monoisotopic (exact) mass is 517 g/mol. The molecule has 1 atom stereocenters. The Kier molecular flexibility index (Phi) is 28.1. The molecule has 0 saturated carbocycles. The second-order valence-corrected chi connectivity index (χ2v) is 11.0. The third-order valence-electron chi connectivity index (χ3n) is 6.89. The summed E-state index contributed by atoms with van der Waals surface area (Å²) < 4.78 is 5.92. The SMILES string of the molecule is C/C=C/CCCCCCC(CCCCCCCC/C=C\C/C=C\CCCCC)OC(=O)CCCN(C)C. The second kappa shape index (κ2) is 29.2. The summed E-state index contributed by atoms with van der Waals surface area (Å²) in [5.41, 5.74) is 0. The molecule has 0 spiro atoms. The Hall–Kier alpha value is -1.35. The Morgan fingerprint density at radius 3 is 1.73 bits per heavy atom. The number of hydrogen-bond acceptors (Lipinski definition) is 3. The van der Waals surface area contributed by atoms with Crippen molar-refractivity contribution in [1.82, 2.24) is 4.90 Å². The number of esters is 1. The van der Waals surface area contributed by atoms with Crippen LogP contribution in [-0.2, 0) is 9.53 Å². The molecule has 3 nitrogen and oxygen atoms in total. The van der Waals surface area contributed by atoms with Gasteiger partial charge in [0.15, 0.2) is 0 Å². The standard InChI is InChI=1S/C34H63NO2/c1-5-7-9-11-13-14-15-16-17-18-19-20-21-23-25-27-30-33(29-26-24-22-12-10-8-6-2)37-34(36)31-28-32-35(3)4/h6,8,13-14,16-17,33H,5,7,9-12,15,18-32H2,1-4H3/b8-6+,14-13-,17-16-. The Balaban J connectivity index is 3.95. The third kappa shape index (κ3) is 29.1. The summed E-state index contributed by atoms with van der Waals surface area (Å²) in [6, 6.07) is 0. The molecule has 0 rings (SSSR count). The number of rotatable bonds is 27. The van der Waals surface area contributed by atoms with E-state index >= 15 is 0 Å². The first-order valence-corrected chi connectivity index (χ1v) is 15.9. The molecule has 0 saturated heterocycles. The van der Waals surface area contributed by atoms with Crippen LogP contribution in [0.5, 0.6) is 0 Å². The van der Waals surface area contributed by atoms with Gasteiger partial charge < -0.3 is 9.64 Å². The van der Waals surface area contributed by atoms with Gasteiger partial charge in [0.25, 0.3) is 0 Å². The average Bonchev–Trinajstić information content (AvgIpc) is 2.87. The Morgan fingerprint density at radius 2 is 1.19 bits per heavy atom. The lowest BCUT2D eigenvalue weighted by Crippen LogP contribution is -2.20. The van der Waals surface area contributed by atoms with Gasteiger partial charge in [0, 0.05) is 6.42 Å². The number of ether oxygens (including phenoxy) is 1. The fourth-order valence-electron chi connectivity index (χ4n) is 4.56. The van der Waals surface area contributed by atoms with Crippen LogP contribution in [0.3, 0.4) is 0 Å². The van der Waals surface area contributed by atoms with E-state index in [1.807, 2.05) is 0 Å². The maximum absolute atomic E-state index is 12.4. The predicted molar refractivity (Wildman–Crippen MR) is 164 cm³/mol. The van der Waals surface area contributed by atoms with Crippen molar-refractivity contribution >= 4 is 5.97 Å². The zero-order valence-corrected chi connectivity index (χ0v) is 25.4. The molecule has 0 amide bonds. The minimum Gasteiger partial charge on any atom is -0.462 e. The molecule has 0 aromatic rings. The van der Waals surface area contributed by atoms with Crippen molar-refractivity contribution in [1.29, 1.82) is 0 Å². The summed E-state index contributed by atoms with van der Waals surface area (Å²) in [6.07, 6.45) is 38.7. The molecule has 216 valence electrons.